The first-order valence-electron chi connectivity index (χ1n) is 6.09. The molecule has 0 bridgehead atoms. The van der Waals surface area contributed by atoms with E-state index in [0.29, 0.717) is 36.2 Å². The summed E-state index contributed by atoms with van der Waals surface area (Å²) in [6.07, 6.45) is -0.584. The first-order chi connectivity index (χ1) is 9.04. The van der Waals surface area contributed by atoms with Gasteiger partial charge in [0.05, 0.1) is 24.6 Å². The van der Waals surface area contributed by atoms with Crippen molar-refractivity contribution in [1.29, 1.82) is 0 Å². The van der Waals surface area contributed by atoms with Crippen LogP contribution < -0.4 is 11.1 Å². The Morgan fingerprint density at radius 1 is 1.47 bits per heavy atom. The molecule has 0 saturated heterocycles. The highest BCUT2D eigenvalue weighted by atomic mass is 35.5. The molecule has 0 aliphatic rings. The van der Waals surface area contributed by atoms with Gasteiger partial charge < -0.3 is 20.5 Å². The van der Waals surface area contributed by atoms with Crippen molar-refractivity contribution in [2.45, 2.75) is 20.0 Å². The SMILES string of the molecule is CCOCCOC(C)C(=O)Nc1cc(Cl)ccc1N. The average Bonchev–Trinajstić information content (AvgIpc) is 2.38. The van der Waals surface area contributed by atoms with Crippen LogP contribution in [0.3, 0.4) is 0 Å². The van der Waals surface area contributed by atoms with Crippen molar-refractivity contribution in [3.8, 4) is 0 Å². The van der Waals surface area contributed by atoms with Crippen LogP contribution in [0.1, 0.15) is 13.8 Å². The minimum absolute atomic E-state index is 0.273. The molecule has 0 aromatic heterocycles. The fraction of sp³-hybridized carbons (Fsp3) is 0.462. The molecule has 0 radical (unpaired) electrons. The van der Waals surface area contributed by atoms with Gasteiger partial charge in [-0.3, -0.25) is 4.79 Å². The highest BCUT2D eigenvalue weighted by molar-refractivity contribution is 6.31. The number of amides is 1. The van der Waals surface area contributed by atoms with Crippen LogP contribution in [0.15, 0.2) is 18.2 Å². The van der Waals surface area contributed by atoms with E-state index in [1.165, 1.54) is 0 Å². The van der Waals surface area contributed by atoms with Gasteiger partial charge in [0.1, 0.15) is 6.10 Å². The first-order valence-corrected chi connectivity index (χ1v) is 6.47. The molecule has 1 amide bonds. The number of ether oxygens (including phenoxy) is 2. The number of hydrogen-bond donors (Lipinski definition) is 2. The highest BCUT2D eigenvalue weighted by Crippen LogP contribution is 2.23. The molecule has 106 valence electrons. The highest BCUT2D eigenvalue weighted by Gasteiger charge is 2.14. The number of nitrogens with two attached hydrogens (primary N) is 1. The number of rotatable bonds is 7. The molecule has 0 saturated carbocycles. The molecule has 1 aromatic carbocycles. The van der Waals surface area contributed by atoms with Gasteiger partial charge in [-0.05, 0) is 32.0 Å². The zero-order chi connectivity index (χ0) is 14.3. The molecule has 1 atom stereocenters. The Balaban J connectivity index is 2.47. The van der Waals surface area contributed by atoms with Gasteiger partial charge in [-0.25, -0.2) is 0 Å². The first kappa shape index (κ1) is 15.8. The molecule has 1 unspecified atom stereocenters. The van der Waals surface area contributed by atoms with Crippen LogP contribution in [-0.4, -0.2) is 31.8 Å². The van der Waals surface area contributed by atoms with Crippen molar-refractivity contribution in [3.63, 3.8) is 0 Å². The standard InChI is InChI=1S/C13H19ClN2O3/c1-3-18-6-7-19-9(2)13(17)16-12-8-10(14)4-5-11(12)15/h4-5,8-9H,3,6-7,15H2,1-2H3,(H,16,17). The van der Waals surface area contributed by atoms with E-state index in [-0.39, 0.29) is 5.91 Å². The summed E-state index contributed by atoms with van der Waals surface area (Å²) in [6, 6.07) is 4.90. The van der Waals surface area contributed by atoms with Crippen molar-refractivity contribution in [3.05, 3.63) is 23.2 Å². The second-order valence-corrected chi connectivity index (χ2v) is 4.37. The van der Waals surface area contributed by atoms with E-state index in [9.17, 15) is 4.79 Å². The topological polar surface area (TPSA) is 73.6 Å². The fourth-order valence-corrected chi connectivity index (χ4v) is 1.55. The molecule has 3 N–H and O–H groups in total. The van der Waals surface area contributed by atoms with Gasteiger partial charge in [0.15, 0.2) is 0 Å². The Morgan fingerprint density at radius 2 is 2.21 bits per heavy atom. The summed E-state index contributed by atoms with van der Waals surface area (Å²) in [7, 11) is 0. The molecule has 0 fully saturated rings. The van der Waals surface area contributed by atoms with Crippen LogP contribution in [0, 0.1) is 0 Å². The lowest BCUT2D eigenvalue weighted by molar-refractivity contribution is -0.127. The van der Waals surface area contributed by atoms with Crippen molar-refractivity contribution >= 4 is 28.9 Å². The van der Waals surface area contributed by atoms with Gasteiger partial charge in [0, 0.05) is 11.6 Å². The van der Waals surface area contributed by atoms with Crippen LogP contribution in [0.2, 0.25) is 5.02 Å². The minimum atomic E-state index is -0.584. The Labute approximate surface area is 118 Å². The largest absolute Gasteiger partial charge is 0.397 e. The van der Waals surface area contributed by atoms with Crippen molar-refractivity contribution in [2.24, 2.45) is 0 Å². The predicted octanol–water partition coefficient (Wildman–Crippen LogP) is 2.30. The number of halogens is 1. The number of nitrogens with one attached hydrogen (secondary N) is 1. The summed E-state index contributed by atoms with van der Waals surface area (Å²) < 4.78 is 10.5. The van der Waals surface area contributed by atoms with E-state index in [1.54, 1.807) is 25.1 Å². The van der Waals surface area contributed by atoms with Crippen molar-refractivity contribution in [1.82, 2.24) is 0 Å². The van der Waals surface area contributed by atoms with Crippen LogP contribution in [0.5, 0.6) is 0 Å². The maximum absolute atomic E-state index is 11.9. The Hall–Kier alpha value is -1.30. The zero-order valence-electron chi connectivity index (χ0n) is 11.1. The number of anilines is 2. The third kappa shape index (κ3) is 5.46. The molecule has 1 aromatic rings. The van der Waals surface area contributed by atoms with Gasteiger partial charge in [0.2, 0.25) is 0 Å². The molecule has 0 aliphatic heterocycles. The maximum atomic E-state index is 11.9. The Morgan fingerprint density at radius 3 is 2.89 bits per heavy atom. The molecule has 1 rings (SSSR count). The van der Waals surface area contributed by atoms with Gasteiger partial charge in [-0.1, -0.05) is 11.6 Å². The molecule has 0 aliphatic carbocycles. The van der Waals surface area contributed by atoms with Crippen LogP contribution in [0.4, 0.5) is 11.4 Å². The van der Waals surface area contributed by atoms with Crippen LogP contribution >= 0.6 is 11.6 Å². The summed E-state index contributed by atoms with van der Waals surface area (Å²) in [5.41, 5.74) is 6.69. The molecule has 6 heteroatoms. The summed E-state index contributed by atoms with van der Waals surface area (Å²) in [6.45, 7) is 5.03. The maximum Gasteiger partial charge on any atom is 0.253 e. The number of hydrogen-bond acceptors (Lipinski definition) is 4. The third-order valence-corrected chi connectivity index (χ3v) is 2.68. The predicted molar refractivity (Wildman–Crippen MR) is 76.4 cm³/mol. The van der Waals surface area contributed by atoms with Crippen LogP contribution in [-0.2, 0) is 14.3 Å². The quantitative estimate of drug-likeness (QED) is 0.596. The molecular formula is C13H19ClN2O3. The number of carbonyl (C=O) groups excluding carboxylic acids is 1. The molecular weight excluding hydrogens is 268 g/mol. The second-order valence-electron chi connectivity index (χ2n) is 3.93. The molecule has 5 nitrogen and oxygen atoms in total. The van der Waals surface area contributed by atoms with E-state index in [1.807, 2.05) is 6.92 Å². The molecule has 0 heterocycles. The summed E-state index contributed by atoms with van der Waals surface area (Å²) in [5.74, 6) is -0.273. The monoisotopic (exact) mass is 286 g/mol. The van der Waals surface area contributed by atoms with E-state index in [2.05, 4.69) is 5.32 Å². The van der Waals surface area contributed by atoms with Gasteiger partial charge in [0.25, 0.3) is 5.91 Å². The van der Waals surface area contributed by atoms with Crippen molar-refractivity contribution in [2.75, 3.05) is 30.9 Å². The number of nitrogen functional groups attached to an aromatic ring is 1. The second kappa shape index (κ2) is 7.99. The lowest BCUT2D eigenvalue weighted by Gasteiger charge is -2.14. The van der Waals surface area contributed by atoms with E-state index in [4.69, 9.17) is 26.8 Å². The molecule has 19 heavy (non-hydrogen) atoms. The normalized spacial score (nSPS) is 12.2. The van der Waals surface area contributed by atoms with Gasteiger partial charge in [-0.15, -0.1) is 0 Å². The number of benzene rings is 1. The van der Waals surface area contributed by atoms with E-state index < -0.39 is 6.10 Å². The lowest BCUT2D eigenvalue weighted by Crippen LogP contribution is -2.29. The Bertz CT molecular complexity index is 426. The van der Waals surface area contributed by atoms with Gasteiger partial charge >= 0.3 is 0 Å². The zero-order valence-corrected chi connectivity index (χ0v) is 11.9. The minimum Gasteiger partial charge on any atom is -0.397 e. The van der Waals surface area contributed by atoms with Crippen LogP contribution in [0.25, 0.3) is 0 Å². The van der Waals surface area contributed by atoms with E-state index in [0.717, 1.165) is 0 Å². The fourth-order valence-electron chi connectivity index (χ4n) is 1.37. The summed E-state index contributed by atoms with van der Waals surface area (Å²) in [4.78, 5) is 11.9. The Kier molecular flexibility index (Phi) is 6.62. The smallest absolute Gasteiger partial charge is 0.253 e. The number of carbonyl (C=O) groups is 1. The molecule has 0 spiro atoms. The van der Waals surface area contributed by atoms with Crippen molar-refractivity contribution < 1.29 is 14.3 Å². The third-order valence-electron chi connectivity index (χ3n) is 2.44. The lowest BCUT2D eigenvalue weighted by atomic mass is 10.2. The summed E-state index contributed by atoms with van der Waals surface area (Å²) in [5, 5.41) is 3.19. The van der Waals surface area contributed by atoms with E-state index >= 15 is 0 Å². The van der Waals surface area contributed by atoms with Gasteiger partial charge in [-0.2, -0.15) is 0 Å². The summed E-state index contributed by atoms with van der Waals surface area (Å²) >= 11 is 5.84. The average molecular weight is 287 g/mol.